The average molecular weight is 569 g/mol. The highest BCUT2D eigenvalue weighted by Crippen LogP contribution is 2.33. The molecule has 0 radical (unpaired) electrons. The SMILES string of the molecule is Cc1ccc(C(=O)Nc2ccc(N3CCN(C(C)c4cccc(C#N)c4)CC3)cc2)c(-c2ccc(C(F)(F)F)cc2)c1. The predicted octanol–water partition coefficient (Wildman–Crippen LogP) is 7.69. The van der Waals surface area contributed by atoms with Gasteiger partial charge in [-0.1, -0.05) is 42.0 Å². The van der Waals surface area contributed by atoms with Crippen LogP contribution in [0.3, 0.4) is 0 Å². The van der Waals surface area contributed by atoms with Crippen molar-refractivity contribution >= 4 is 17.3 Å². The summed E-state index contributed by atoms with van der Waals surface area (Å²) >= 11 is 0. The first-order valence-electron chi connectivity index (χ1n) is 13.8. The second-order valence-corrected chi connectivity index (χ2v) is 10.6. The van der Waals surface area contributed by atoms with Crippen molar-refractivity contribution in [3.63, 3.8) is 0 Å². The van der Waals surface area contributed by atoms with Gasteiger partial charge in [0.25, 0.3) is 5.91 Å². The topological polar surface area (TPSA) is 59.4 Å². The van der Waals surface area contributed by atoms with Gasteiger partial charge in [-0.25, -0.2) is 0 Å². The molecule has 0 spiro atoms. The number of hydrogen-bond acceptors (Lipinski definition) is 4. The van der Waals surface area contributed by atoms with Crippen LogP contribution in [-0.4, -0.2) is 37.0 Å². The fourth-order valence-corrected chi connectivity index (χ4v) is 5.33. The van der Waals surface area contributed by atoms with Gasteiger partial charge in [0, 0.05) is 49.2 Å². The maximum atomic E-state index is 13.3. The summed E-state index contributed by atoms with van der Waals surface area (Å²) in [5, 5.41) is 12.2. The number of benzene rings is 4. The molecule has 5 rings (SSSR count). The lowest BCUT2D eigenvalue weighted by atomic mass is 9.96. The summed E-state index contributed by atoms with van der Waals surface area (Å²) < 4.78 is 39.1. The van der Waals surface area contributed by atoms with Crippen LogP contribution in [0.1, 0.15) is 45.6 Å². The Morgan fingerprint density at radius 1 is 0.905 bits per heavy atom. The van der Waals surface area contributed by atoms with Crippen LogP contribution in [-0.2, 0) is 6.18 Å². The van der Waals surface area contributed by atoms with E-state index in [1.165, 1.54) is 12.1 Å². The summed E-state index contributed by atoms with van der Waals surface area (Å²) in [5.74, 6) is -0.333. The van der Waals surface area contributed by atoms with E-state index in [2.05, 4.69) is 34.2 Å². The van der Waals surface area contributed by atoms with E-state index < -0.39 is 11.7 Å². The van der Waals surface area contributed by atoms with E-state index in [0.717, 1.165) is 55.1 Å². The predicted molar refractivity (Wildman–Crippen MR) is 159 cm³/mol. The number of carbonyl (C=O) groups excluding carboxylic acids is 1. The van der Waals surface area contributed by atoms with Crippen LogP contribution in [0, 0.1) is 18.3 Å². The second kappa shape index (κ2) is 12.1. The lowest BCUT2D eigenvalue weighted by Gasteiger charge is -2.39. The number of carbonyl (C=O) groups is 1. The number of piperazine rings is 1. The van der Waals surface area contributed by atoms with Crippen molar-refractivity contribution in [1.82, 2.24) is 4.90 Å². The third kappa shape index (κ3) is 6.48. The van der Waals surface area contributed by atoms with Crippen molar-refractivity contribution in [1.29, 1.82) is 5.26 Å². The van der Waals surface area contributed by atoms with E-state index in [4.69, 9.17) is 0 Å². The Balaban J connectivity index is 1.23. The second-order valence-electron chi connectivity index (χ2n) is 10.6. The zero-order chi connectivity index (χ0) is 29.9. The molecule has 1 aliphatic rings. The molecule has 1 aliphatic heterocycles. The van der Waals surface area contributed by atoms with Crippen molar-refractivity contribution in [3.8, 4) is 17.2 Å². The fraction of sp³-hybridized carbons (Fsp3) is 0.235. The molecule has 0 bridgehead atoms. The molecular weight excluding hydrogens is 537 g/mol. The van der Waals surface area contributed by atoms with Crippen LogP contribution in [0.25, 0.3) is 11.1 Å². The molecule has 42 heavy (non-hydrogen) atoms. The summed E-state index contributed by atoms with van der Waals surface area (Å²) in [7, 11) is 0. The average Bonchev–Trinajstić information content (AvgIpc) is 3.00. The Bertz CT molecular complexity index is 1600. The van der Waals surface area contributed by atoms with Crippen molar-refractivity contribution in [2.24, 2.45) is 0 Å². The van der Waals surface area contributed by atoms with E-state index >= 15 is 0 Å². The van der Waals surface area contributed by atoms with Gasteiger partial charge >= 0.3 is 6.18 Å². The first kappa shape index (κ1) is 28.9. The zero-order valence-electron chi connectivity index (χ0n) is 23.4. The quantitative estimate of drug-likeness (QED) is 0.259. The van der Waals surface area contributed by atoms with Crippen LogP contribution in [0.15, 0.2) is 91.0 Å². The zero-order valence-corrected chi connectivity index (χ0v) is 23.4. The highest BCUT2D eigenvalue weighted by molar-refractivity contribution is 6.08. The van der Waals surface area contributed by atoms with Gasteiger partial charge in [-0.3, -0.25) is 9.69 Å². The Morgan fingerprint density at radius 3 is 2.24 bits per heavy atom. The molecule has 214 valence electrons. The minimum atomic E-state index is -4.42. The molecule has 0 saturated carbocycles. The first-order valence-corrected chi connectivity index (χ1v) is 13.8. The molecule has 5 nitrogen and oxygen atoms in total. The van der Waals surface area contributed by atoms with E-state index in [1.807, 2.05) is 55.5 Å². The van der Waals surface area contributed by atoms with Gasteiger partial charge in [-0.2, -0.15) is 18.4 Å². The standard InChI is InChI=1S/C34H31F3N4O/c1-23-6-15-31(32(20-23)26-7-9-28(10-8-26)34(35,36)37)33(42)39-29-11-13-30(14-12-29)41-18-16-40(17-19-41)24(2)27-5-3-4-25(21-27)22-38/h3-15,20-21,24H,16-19H2,1-2H3,(H,39,42). The maximum absolute atomic E-state index is 13.3. The first-order chi connectivity index (χ1) is 20.1. The smallest absolute Gasteiger partial charge is 0.369 e. The Kier molecular flexibility index (Phi) is 8.32. The lowest BCUT2D eigenvalue weighted by Crippen LogP contribution is -2.47. The number of rotatable bonds is 6. The normalized spacial score (nSPS) is 14.7. The van der Waals surface area contributed by atoms with Crippen molar-refractivity contribution in [2.45, 2.75) is 26.1 Å². The van der Waals surface area contributed by atoms with Gasteiger partial charge < -0.3 is 10.2 Å². The van der Waals surface area contributed by atoms with Gasteiger partial charge in [-0.15, -0.1) is 0 Å². The third-order valence-corrected chi connectivity index (χ3v) is 7.79. The molecule has 0 aromatic heterocycles. The molecule has 1 heterocycles. The summed E-state index contributed by atoms with van der Waals surface area (Å²) in [6.45, 7) is 7.52. The largest absolute Gasteiger partial charge is 0.416 e. The molecule has 1 N–H and O–H groups in total. The molecule has 8 heteroatoms. The van der Waals surface area contributed by atoms with E-state index in [-0.39, 0.29) is 11.9 Å². The molecule has 1 fully saturated rings. The fourth-order valence-electron chi connectivity index (χ4n) is 5.33. The Morgan fingerprint density at radius 2 is 1.60 bits per heavy atom. The highest BCUT2D eigenvalue weighted by atomic mass is 19.4. The number of hydrogen-bond donors (Lipinski definition) is 1. The number of halogens is 3. The van der Waals surface area contributed by atoms with Crippen LogP contribution < -0.4 is 10.2 Å². The van der Waals surface area contributed by atoms with E-state index in [1.54, 1.807) is 12.1 Å². The number of nitrogens with zero attached hydrogens (tertiary/aromatic N) is 3. The van der Waals surface area contributed by atoms with Crippen LogP contribution in [0.5, 0.6) is 0 Å². The maximum Gasteiger partial charge on any atom is 0.416 e. The molecule has 1 atom stereocenters. The highest BCUT2D eigenvalue weighted by Gasteiger charge is 2.30. The minimum absolute atomic E-state index is 0.215. The summed E-state index contributed by atoms with van der Waals surface area (Å²) in [5.41, 5.74) is 5.17. The Labute approximate surface area is 243 Å². The van der Waals surface area contributed by atoms with Gasteiger partial charge in [0.2, 0.25) is 0 Å². The number of alkyl halides is 3. The van der Waals surface area contributed by atoms with Crippen LogP contribution in [0.4, 0.5) is 24.5 Å². The number of nitriles is 1. The molecule has 4 aromatic rings. The molecule has 4 aromatic carbocycles. The Hall–Kier alpha value is -4.61. The molecule has 0 aliphatic carbocycles. The van der Waals surface area contributed by atoms with Crippen molar-refractivity contribution in [3.05, 3.63) is 119 Å². The van der Waals surface area contributed by atoms with Gasteiger partial charge in [-0.05, 0) is 85.1 Å². The molecule has 1 saturated heterocycles. The minimum Gasteiger partial charge on any atom is -0.369 e. The van der Waals surface area contributed by atoms with Crippen LogP contribution >= 0.6 is 0 Å². The number of nitrogens with one attached hydrogen (secondary N) is 1. The lowest BCUT2D eigenvalue weighted by molar-refractivity contribution is -0.137. The van der Waals surface area contributed by atoms with Gasteiger partial charge in [0.15, 0.2) is 0 Å². The molecule has 1 unspecified atom stereocenters. The van der Waals surface area contributed by atoms with Crippen molar-refractivity contribution < 1.29 is 18.0 Å². The summed E-state index contributed by atoms with van der Waals surface area (Å²) in [4.78, 5) is 18.0. The monoisotopic (exact) mass is 568 g/mol. The third-order valence-electron chi connectivity index (χ3n) is 7.79. The number of aryl methyl sites for hydroxylation is 1. The molecular formula is C34H31F3N4O. The van der Waals surface area contributed by atoms with Gasteiger partial charge in [0.1, 0.15) is 0 Å². The van der Waals surface area contributed by atoms with Crippen LogP contribution in [0.2, 0.25) is 0 Å². The van der Waals surface area contributed by atoms with Crippen molar-refractivity contribution in [2.75, 3.05) is 36.4 Å². The molecule has 1 amide bonds. The van der Waals surface area contributed by atoms with E-state index in [9.17, 15) is 23.2 Å². The van der Waals surface area contributed by atoms with Gasteiger partial charge in [0.05, 0.1) is 17.2 Å². The summed E-state index contributed by atoms with van der Waals surface area (Å²) in [6.07, 6.45) is -4.42. The summed E-state index contributed by atoms with van der Waals surface area (Å²) in [6, 6.07) is 28.1. The number of anilines is 2. The van der Waals surface area contributed by atoms with E-state index in [0.29, 0.717) is 27.9 Å². The number of amides is 1.